The van der Waals surface area contributed by atoms with Crippen LogP contribution in [0.3, 0.4) is 0 Å². The molecule has 1 N–H and O–H groups in total. The molecule has 0 radical (unpaired) electrons. The second-order valence-corrected chi connectivity index (χ2v) is 3.60. The van der Waals surface area contributed by atoms with Crippen molar-refractivity contribution in [2.24, 2.45) is 0 Å². The maximum atomic E-state index is 12.0. The predicted octanol–water partition coefficient (Wildman–Crippen LogP) is 1.39. The van der Waals surface area contributed by atoms with Crippen molar-refractivity contribution in [3.63, 3.8) is 0 Å². The number of nitrogens with zero attached hydrogens (tertiary/aromatic N) is 2. The summed E-state index contributed by atoms with van der Waals surface area (Å²) in [6, 6.07) is 1.64. The molecule has 0 bridgehead atoms. The quantitative estimate of drug-likeness (QED) is 0.840. The second-order valence-electron chi connectivity index (χ2n) is 3.60. The van der Waals surface area contributed by atoms with Crippen molar-refractivity contribution in [2.45, 2.75) is 19.3 Å². The number of nitrogens with one attached hydrogen (secondary N) is 1. The van der Waals surface area contributed by atoms with Gasteiger partial charge in [-0.1, -0.05) is 5.16 Å². The number of alkyl halides is 3. The molecule has 0 amide bonds. The Morgan fingerprint density at radius 3 is 2.75 bits per heavy atom. The number of halogens is 3. The standard InChI is InChI=1S/C9H14F3N3O/c1-13-4-7-3-8(16-14-7)5-15(2)6-9(10,11)12/h3,13H,4-6H2,1-2H3. The van der Waals surface area contributed by atoms with E-state index in [-0.39, 0.29) is 6.54 Å². The summed E-state index contributed by atoms with van der Waals surface area (Å²) >= 11 is 0. The number of rotatable bonds is 5. The van der Waals surface area contributed by atoms with Crippen LogP contribution in [0.1, 0.15) is 11.5 Å². The van der Waals surface area contributed by atoms with Gasteiger partial charge in [0, 0.05) is 12.6 Å². The summed E-state index contributed by atoms with van der Waals surface area (Å²) in [6.07, 6.45) is -4.19. The molecular weight excluding hydrogens is 223 g/mol. The zero-order valence-corrected chi connectivity index (χ0v) is 9.14. The fourth-order valence-corrected chi connectivity index (χ4v) is 1.32. The maximum Gasteiger partial charge on any atom is 0.401 e. The Morgan fingerprint density at radius 1 is 1.50 bits per heavy atom. The number of hydrogen-bond donors (Lipinski definition) is 1. The molecule has 7 heteroatoms. The van der Waals surface area contributed by atoms with E-state index in [0.717, 1.165) is 4.90 Å². The van der Waals surface area contributed by atoms with Crippen molar-refractivity contribution in [1.82, 2.24) is 15.4 Å². The Labute approximate surface area is 91.4 Å². The third-order valence-electron chi connectivity index (χ3n) is 1.84. The van der Waals surface area contributed by atoms with Gasteiger partial charge in [-0.2, -0.15) is 13.2 Å². The lowest BCUT2D eigenvalue weighted by Crippen LogP contribution is -2.30. The Balaban J connectivity index is 2.46. The molecular formula is C9H14F3N3O. The van der Waals surface area contributed by atoms with Crippen molar-refractivity contribution < 1.29 is 17.7 Å². The van der Waals surface area contributed by atoms with E-state index in [1.807, 2.05) is 0 Å². The van der Waals surface area contributed by atoms with Gasteiger partial charge in [-0.15, -0.1) is 0 Å². The van der Waals surface area contributed by atoms with Crippen LogP contribution in [-0.2, 0) is 13.1 Å². The van der Waals surface area contributed by atoms with Crippen LogP contribution in [0.4, 0.5) is 13.2 Å². The van der Waals surface area contributed by atoms with E-state index in [1.54, 1.807) is 13.1 Å². The molecule has 1 rings (SSSR count). The van der Waals surface area contributed by atoms with Crippen LogP contribution in [-0.4, -0.2) is 36.9 Å². The van der Waals surface area contributed by atoms with Crippen LogP contribution in [0.2, 0.25) is 0 Å². The Bertz CT molecular complexity index is 324. The van der Waals surface area contributed by atoms with E-state index in [4.69, 9.17) is 4.52 Å². The van der Waals surface area contributed by atoms with Crippen molar-refractivity contribution in [3.8, 4) is 0 Å². The zero-order valence-electron chi connectivity index (χ0n) is 9.14. The van der Waals surface area contributed by atoms with Crippen molar-refractivity contribution in [1.29, 1.82) is 0 Å². The van der Waals surface area contributed by atoms with E-state index in [1.165, 1.54) is 7.05 Å². The highest BCUT2D eigenvalue weighted by Crippen LogP contribution is 2.17. The SMILES string of the molecule is CNCc1cc(CN(C)CC(F)(F)F)on1. The summed E-state index contributed by atoms with van der Waals surface area (Å²) < 4.78 is 41.0. The molecule has 1 aromatic heterocycles. The summed E-state index contributed by atoms with van der Waals surface area (Å²) in [5.41, 5.74) is 0.679. The topological polar surface area (TPSA) is 41.3 Å². The fraction of sp³-hybridized carbons (Fsp3) is 0.667. The predicted molar refractivity (Wildman–Crippen MR) is 51.7 cm³/mol. The lowest BCUT2D eigenvalue weighted by Gasteiger charge is -2.16. The summed E-state index contributed by atoms with van der Waals surface area (Å²) in [7, 11) is 3.14. The third kappa shape index (κ3) is 4.63. The molecule has 4 nitrogen and oxygen atoms in total. The van der Waals surface area contributed by atoms with Crippen LogP contribution < -0.4 is 5.32 Å². The Morgan fingerprint density at radius 2 is 2.19 bits per heavy atom. The summed E-state index contributed by atoms with van der Waals surface area (Å²) in [5, 5.41) is 6.58. The highest BCUT2D eigenvalue weighted by atomic mass is 19.4. The van der Waals surface area contributed by atoms with Gasteiger partial charge >= 0.3 is 6.18 Å². The molecule has 0 aliphatic rings. The van der Waals surface area contributed by atoms with E-state index in [9.17, 15) is 13.2 Å². The molecule has 0 aromatic carbocycles. The monoisotopic (exact) mass is 237 g/mol. The van der Waals surface area contributed by atoms with Crippen LogP contribution in [0.5, 0.6) is 0 Å². The first-order chi connectivity index (χ1) is 7.40. The number of aromatic nitrogens is 1. The minimum Gasteiger partial charge on any atom is -0.360 e. The van der Waals surface area contributed by atoms with Crippen LogP contribution >= 0.6 is 0 Å². The van der Waals surface area contributed by atoms with Gasteiger partial charge in [-0.3, -0.25) is 4.90 Å². The van der Waals surface area contributed by atoms with Gasteiger partial charge in [0.2, 0.25) is 0 Å². The summed E-state index contributed by atoms with van der Waals surface area (Å²) in [4.78, 5) is 1.13. The number of hydrogen-bond acceptors (Lipinski definition) is 4. The van der Waals surface area contributed by atoms with Crippen molar-refractivity contribution >= 4 is 0 Å². The average Bonchev–Trinajstić information content (AvgIpc) is 2.49. The Kier molecular flexibility index (Phi) is 4.31. The first kappa shape index (κ1) is 13.0. The van der Waals surface area contributed by atoms with Gasteiger partial charge in [-0.05, 0) is 14.1 Å². The molecule has 0 unspecified atom stereocenters. The van der Waals surface area contributed by atoms with Crippen LogP contribution in [0, 0.1) is 0 Å². The van der Waals surface area contributed by atoms with Gasteiger partial charge in [-0.25, -0.2) is 0 Å². The van der Waals surface area contributed by atoms with Gasteiger partial charge in [0.1, 0.15) is 0 Å². The molecule has 0 aliphatic carbocycles. The van der Waals surface area contributed by atoms with E-state index < -0.39 is 12.7 Å². The minimum atomic E-state index is -4.19. The summed E-state index contributed by atoms with van der Waals surface area (Å²) in [6.45, 7) is -0.336. The van der Waals surface area contributed by atoms with Gasteiger partial charge < -0.3 is 9.84 Å². The van der Waals surface area contributed by atoms with Crippen molar-refractivity contribution in [2.75, 3.05) is 20.6 Å². The average molecular weight is 237 g/mol. The smallest absolute Gasteiger partial charge is 0.360 e. The van der Waals surface area contributed by atoms with E-state index in [0.29, 0.717) is 18.0 Å². The van der Waals surface area contributed by atoms with Gasteiger partial charge in [0.25, 0.3) is 0 Å². The molecule has 0 saturated heterocycles. The molecule has 0 fully saturated rings. The third-order valence-corrected chi connectivity index (χ3v) is 1.84. The lowest BCUT2D eigenvalue weighted by molar-refractivity contribution is -0.144. The molecule has 1 aromatic rings. The fourth-order valence-electron chi connectivity index (χ4n) is 1.32. The van der Waals surface area contributed by atoms with E-state index >= 15 is 0 Å². The molecule has 16 heavy (non-hydrogen) atoms. The van der Waals surface area contributed by atoms with Crippen LogP contribution in [0.15, 0.2) is 10.6 Å². The molecule has 0 saturated carbocycles. The largest absolute Gasteiger partial charge is 0.401 e. The molecule has 92 valence electrons. The highest BCUT2D eigenvalue weighted by molar-refractivity contribution is 5.04. The van der Waals surface area contributed by atoms with Gasteiger partial charge in [0.15, 0.2) is 5.76 Å². The summed E-state index contributed by atoms with van der Waals surface area (Å²) in [5.74, 6) is 0.428. The maximum absolute atomic E-state index is 12.0. The molecule has 0 aliphatic heterocycles. The highest BCUT2D eigenvalue weighted by Gasteiger charge is 2.29. The molecule has 0 atom stereocenters. The first-order valence-corrected chi connectivity index (χ1v) is 4.75. The first-order valence-electron chi connectivity index (χ1n) is 4.75. The minimum absolute atomic E-state index is 0.0935. The normalized spacial score (nSPS) is 12.4. The van der Waals surface area contributed by atoms with Crippen molar-refractivity contribution in [3.05, 3.63) is 17.5 Å². The molecule has 1 heterocycles. The van der Waals surface area contributed by atoms with E-state index in [2.05, 4.69) is 10.5 Å². The Hall–Kier alpha value is -1.08. The molecule has 0 spiro atoms. The zero-order chi connectivity index (χ0) is 12.2. The van der Waals surface area contributed by atoms with Crippen LogP contribution in [0.25, 0.3) is 0 Å². The lowest BCUT2D eigenvalue weighted by atomic mass is 10.3. The second kappa shape index (κ2) is 5.31. The van der Waals surface area contributed by atoms with Gasteiger partial charge in [0.05, 0.1) is 18.8 Å².